The third kappa shape index (κ3) is 7.17. The van der Waals surface area contributed by atoms with Crippen LogP contribution in [0.1, 0.15) is 53.7 Å². The number of carboxylic acid groups (broad SMARTS) is 1. The first-order valence-corrected chi connectivity index (χ1v) is 11.4. The number of carbonyl (C=O) groups is 1. The lowest BCUT2D eigenvalue weighted by Gasteiger charge is -2.17. The van der Waals surface area contributed by atoms with Gasteiger partial charge in [-0.05, 0) is 55.0 Å². The summed E-state index contributed by atoms with van der Waals surface area (Å²) in [7, 11) is 0. The Morgan fingerprint density at radius 3 is 2.69 bits per heavy atom. The maximum atomic E-state index is 12.4. The second kappa shape index (κ2) is 10.7. The number of carboxylic acids is 1. The number of fused-ring (bicyclic) bond motifs is 1. The monoisotopic (exact) mass is 490 g/mol. The van der Waals surface area contributed by atoms with Crippen molar-refractivity contribution >= 4 is 11.8 Å². The van der Waals surface area contributed by atoms with Crippen molar-refractivity contribution in [1.29, 1.82) is 0 Å². The molecule has 186 valence electrons. The zero-order valence-electron chi connectivity index (χ0n) is 18.8. The molecule has 0 amide bonds. The zero-order chi connectivity index (χ0) is 24.8. The van der Waals surface area contributed by atoms with Crippen molar-refractivity contribution in [2.45, 2.75) is 57.2 Å². The number of benzene rings is 1. The summed E-state index contributed by atoms with van der Waals surface area (Å²) in [5, 5.41) is 16.6. The van der Waals surface area contributed by atoms with E-state index in [-0.39, 0.29) is 24.5 Å². The average molecular weight is 490 g/mol. The molecule has 3 aromatic rings. The van der Waals surface area contributed by atoms with Crippen LogP contribution in [0.5, 0.6) is 5.75 Å². The van der Waals surface area contributed by atoms with Crippen molar-refractivity contribution in [3.63, 3.8) is 0 Å². The van der Waals surface area contributed by atoms with Crippen LogP contribution in [0.15, 0.2) is 40.9 Å². The fraction of sp³-hybridized carbons (Fsp3) is 0.417. The molecule has 0 radical (unpaired) electrons. The van der Waals surface area contributed by atoms with Gasteiger partial charge in [-0.2, -0.15) is 4.98 Å². The van der Waals surface area contributed by atoms with Gasteiger partial charge in [-0.15, -0.1) is 13.2 Å². The second-order valence-electron chi connectivity index (χ2n) is 8.41. The van der Waals surface area contributed by atoms with Gasteiger partial charge in [0.25, 0.3) is 0 Å². The summed E-state index contributed by atoms with van der Waals surface area (Å²) in [5.74, 6) is -0.222. The number of aryl methyl sites for hydroxylation is 3. The first-order chi connectivity index (χ1) is 16.7. The molecule has 1 aromatic carbocycles. The van der Waals surface area contributed by atoms with Crippen LogP contribution in [0.3, 0.4) is 0 Å². The lowest BCUT2D eigenvalue weighted by molar-refractivity contribution is -0.274. The van der Waals surface area contributed by atoms with E-state index in [2.05, 4.69) is 31.2 Å². The summed E-state index contributed by atoms with van der Waals surface area (Å²) in [6.45, 7) is 0.934. The van der Waals surface area contributed by atoms with Crippen LogP contribution in [0.2, 0.25) is 0 Å². The van der Waals surface area contributed by atoms with E-state index in [1.807, 2.05) is 6.07 Å². The first kappa shape index (κ1) is 24.5. The highest BCUT2D eigenvalue weighted by Gasteiger charge is 2.31. The van der Waals surface area contributed by atoms with E-state index in [1.54, 1.807) is 0 Å². The van der Waals surface area contributed by atoms with Crippen molar-refractivity contribution in [3.8, 4) is 5.75 Å². The smallest absolute Gasteiger partial charge is 0.481 e. The minimum absolute atomic E-state index is 0.150. The number of ether oxygens (including phenoxy) is 1. The van der Waals surface area contributed by atoms with Crippen LogP contribution in [-0.4, -0.2) is 39.1 Å². The molecule has 3 heterocycles. The predicted molar refractivity (Wildman–Crippen MR) is 119 cm³/mol. The second-order valence-corrected chi connectivity index (χ2v) is 8.41. The summed E-state index contributed by atoms with van der Waals surface area (Å²) in [6.07, 6.45) is -0.643. The van der Waals surface area contributed by atoms with Gasteiger partial charge in [0.15, 0.2) is 5.82 Å². The van der Waals surface area contributed by atoms with Gasteiger partial charge in [-0.1, -0.05) is 23.4 Å². The highest BCUT2D eigenvalue weighted by molar-refractivity contribution is 5.68. The lowest BCUT2D eigenvalue weighted by Crippen LogP contribution is -2.17. The normalized spacial score (nSPS) is 14.1. The number of hydrogen-bond donors (Lipinski definition) is 2. The Labute approximate surface area is 199 Å². The van der Waals surface area contributed by atoms with Gasteiger partial charge < -0.3 is 19.7 Å². The molecule has 0 spiro atoms. The molecule has 0 saturated heterocycles. The Kier molecular flexibility index (Phi) is 7.52. The minimum Gasteiger partial charge on any atom is -0.481 e. The predicted octanol–water partition coefficient (Wildman–Crippen LogP) is 4.70. The van der Waals surface area contributed by atoms with E-state index >= 15 is 0 Å². The van der Waals surface area contributed by atoms with Crippen molar-refractivity contribution in [2.75, 3.05) is 11.9 Å². The summed E-state index contributed by atoms with van der Waals surface area (Å²) in [4.78, 5) is 20.4. The summed E-state index contributed by atoms with van der Waals surface area (Å²) in [5.41, 5.74) is 2.76. The summed E-state index contributed by atoms with van der Waals surface area (Å²) in [6, 6.07) is 9.27. The fourth-order valence-corrected chi connectivity index (χ4v) is 4.08. The van der Waals surface area contributed by atoms with Gasteiger partial charge in [0.2, 0.25) is 5.89 Å². The highest BCUT2D eigenvalue weighted by Crippen LogP contribution is 2.28. The minimum atomic E-state index is -4.80. The number of nitrogens with one attached hydrogen (secondary N) is 1. The van der Waals surface area contributed by atoms with Crippen LogP contribution in [0.25, 0.3) is 0 Å². The summed E-state index contributed by atoms with van der Waals surface area (Å²) < 4.78 is 46.3. The molecule has 1 atom stereocenters. The van der Waals surface area contributed by atoms with Gasteiger partial charge >= 0.3 is 12.3 Å². The number of aliphatic carboxylic acids is 1. The molecule has 0 bridgehead atoms. The Bertz CT molecular complexity index is 1150. The zero-order valence-corrected chi connectivity index (χ0v) is 18.8. The van der Waals surface area contributed by atoms with E-state index in [9.17, 15) is 23.1 Å². The Balaban J connectivity index is 1.34. The Hall–Kier alpha value is -3.63. The Morgan fingerprint density at radius 2 is 1.94 bits per heavy atom. The number of aromatic nitrogens is 3. The van der Waals surface area contributed by atoms with Gasteiger partial charge in [0.1, 0.15) is 11.6 Å². The van der Waals surface area contributed by atoms with E-state index in [4.69, 9.17) is 4.52 Å². The van der Waals surface area contributed by atoms with Crippen LogP contribution < -0.4 is 10.1 Å². The number of hydrogen-bond acceptors (Lipinski definition) is 7. The van der Waals surface area contributed by atoms with Crippen molar-refractivity contribution in [1.82, 2.24) is 15.1 Å². The largest absolute Gasteiger partial charge is 0.573 e. The molecule has 1 unspecified atom stereocenters. The third-order valence-electron chi connectivity index (χ3n) is 5.72. The molecule has 2 N–H and O–H groups in total. The number of nitrogens with zero attached hydrogens (tertiary/aromatic N) is 3. The number of alkyl halides is 3. The number of pyridine rings is 1. The van der Waals surface area contributed by atoms with Crippen LogP contribution >= 0.6 is 0 Å². The quantitative estimate of drug-likeness (QED) is 0.421. The fourth-order valence-electron chi connectivity index (χ4n) is 4.08. The van der Waals surface area contributed by atoms with E-state index in [1.165, 1.54) is 17.7 Å². The van der Waals surface area contributed by atoms with E-state index in [0.29, 0.717) is 17.8 Å². The lowest BCUT2D eigenvalue weighted by atomic mass is 9.92. The average Bonchev–Trinajstić information content (AvgIpc) is 3.25. The molecule has 0 saturated carbocycles. The van der Waals surface area contributed by atoms with Gasteiger partial charge in [-0.3, -0.25) is 4.79 Å². The topological polar surface area (TPSA) is 110 Å². The molecular formula is C24H25F3N4O4. The maximum absolute atomic E-state index is 12.4. The molecular weight excluding hydrogens is 465 g/mol. The van der Waals surface area contributed by atoms with Gasteiger partial charge in [0, 0.05) is 31.0 Å². The molecule has 8 nitrogen and oxygen atoms in total. The first-order valence-electron chi connectivity index (χ1n) is 11.4. The molecule has 2 aromatic heterocycles. The SMILES string of the molecule is O=C(O)CC(Cc1nc(CCCc2ccc3c(n2)NCCC3)no1)c1ccc(OC(F)(F)F)cc1. The van der Waals surface area contributed by atoms with Gasteiger partial charge in [-0.25, -0.2) is 4.98 Å². The molecule has 4 rings (SSSR count). The van der Waals surface area contributed by atoms with Gasteiger partial charge in [0.05, 0.1) is 6.42 Å². The molecule has 0 fully saturated rings. The molecule has 35 heavy (non-hydrogen) atoms. The highest BCUT2D eigenvalue weighted by atomic mass is 19.4. The van der Waals surface area contributed by atoms with Crippen LogP contribution in [0, 0.1) is 0 Å². The summed E-state index contributed by atoms with van der Waals surface area (Å²) >= 11 is 0. The number of anilines is 1. The van der Waals surface area contributed by atoms with E-state index < -0.39 is 18.2 Å². The van der Waals surface area contributed by atoms with Crippen molar-refractivity contribution in [2.24, 2.45) is 0 Å². The molecule has 1 aliphatic heterocycles. The van der Waals surface area contributed by atoms with Crippen LogP contribution in [0.4, 0.5) is 19.0 Å². The third-order valence-corrected chi connectivity index (χ3v) is 5.72. The molecule has 0 aliphatic carbocycles. The Morgan fingerprint density at radius 1 is 1.14 bits per heavy atom. The number of rotatable bonds is 10. The maximum Gasteiger partial charge on any atom is 0.573 e. The number of halogens is 3. The van der Waals surface area contributed by atoms with Crippen molar-refractivity contribution < 1.29 is 32.3 Å². The molecule has 11 heteroatoms. The van der Waals surface area contributed by atoms with Crippen LogP contribution in [-0.2, 0) is 30.5 Å². The van der Waals surface area contributed by atoms with Crippen molar-refractivity contribution in [3.05, 3.63) is 64.9 Å². The van der Waals surface area contributed by atoms with E-state index in [0.717, 1.165) is 55.9 Å². The molecule has 1 aliphatic rings. The standard InChI is InChI=1S/C24H25F3N4O4/c25-24(26,27)34-19-10-7-15(8-11-19)17(14-22(32)33)13-21-30-20(31-35-21)5-1-4-18-9-6-16-3-2-12-28-23(16)29-18/h6-11,17H,1-5,12-14H2,(H,28,29)(H,32,33).